The number of aromatic nitrogens is 2. The molecular weight excluding hydrogens is 435 g/mol. The van der Waals surface area contributed by atoms with Crippen LogP contribution in [0.1, 0.15) is 42.7 Å². The Morgan fingerprint density at radius 2 is 1.70 bits per heavy atom. The second-order valence-corrected chi connectivity index (χ2v) is 8.81. The van der Waals surface area contributed by atoms with E-state index in [9.17, 15) is 18.3 Å². The van der Waals surface area contributed by atoms with E-state index in [-0.39, 0.29) is 17.9 Å². The first-order chi connectivity index (χ1) is 15.7. The molecule has 33 heavy (non-hydrogen) atoms. The summed E-state index contributed by atoms with van der Waals surface area (Å²) in [6, 6.07) is 12.6. The van der Waals surface area contributed by atoms with E-state index in [1.165, 1.54) is 12.1 Å². The summed E-state index contributed by atoms with van der Waals surface area (Å²) in [4.78, 5) is 6.69. The average Bonchev–Trinajstić information content (AvgIpc) is 3.36. The van der Waals surface area contributed by atoms with Crippen molar-refractivity contribution in [3.8, 4) is 17.1 Å². The van der Waals surface area contributed by atoms with E-state index in [2.05, 4.69) is 15.0 Å². The molecule has 3 aromatic rings. The summed E-state index contributed by atoms with van der Waals surface area (Å²) in [5.74, 6) is 1.43. The molecule has 2 fully saturated rings. The van der Waals surface area contributed by atoms with Crippen LogP contribution < -0.4 is 4.74 Å². The second kappa shape index (κ2) is 8.14. The van der Waals surface area contributed by atoms with Crippen molar-refractivity contribution < 1.29 is 27.5 Å². The standard InChI is InChI=1S/C24H24F3N3O3/c1-32-20-10-6-16(7-11-20)23(31)12-18-8-9-19(13-23)30(18)14-21-28-22(29-33-21)15-2-4-17(5-3-15)24(25,26)27/h2-7,10-11,18-19,31H,8-9,12-14H2,1H3/t18-,19+,23?. The maximum atomic E-state index is 12.8. The van der Waals surface area contributed by atoms with Crippen LogP contribution in [0.3, 0.4) is 0 Å². The molecule has 3 atom stereocenters. The molecule has 0 aliphatic carbocycles. The van der Waals surface area contributed by atoms with Crippen molar-refractivity contribution in [2.45, 2.75) is 56.1 Å². The first kappa shape index (κ1) is 21.9. The quantitative estimate of drug-likeness (QED) is 0.592. The molecule has 2 aliphatic rings. The number of methoxy groups -OCH3 is 1. The molecule has 2 bridgehead atoms. The third kappa shape index (κ3) is 4.22. The molecule has 1 N–H and O–H groups in total. The van der Waals surface area contributed by atoms with Gasteiger partial charge in [-0.25, -0.2) is 0 Å². The maximum Gasteiger partial charge on any atom is 0.416 e. The van der Waals surface area contributed by atoms with Gasteiger partial charge in [0.25, 0.3) is 0 Å². The van der Waals surface area contributed by atoms with Crippen molar-refractivity contribution in [2.75, 3.05) is 7.11 Å². The minimum absolute atomic E-state index is 0.178. The van der Waals surface area contributed by atoms with E-state index < -0.39 is 17.3 Å². The smallest absolute Gasteiger partial charge is 0.416 e. The average molecular weight is 459 g/mol. The predicted octanol–water partition coefficient (Wildman–Crippen LogP) is 4.78. The zero-order valence-corrected chi connectivity index (χ0v) is 18.0. The molecule has 3 heterocycles. The van der Waals surface area contributed by atoms with Crippen LogP contribution in [0, 0.1) is 0 Å². The van der Waals surface area contributed by atoms with Gasteiger partial charge in [-0.15, -0.1) is 0 Å². The molecule has 2 aliphatic heterocycles. The van der Waals surface area contributed by atoms with Crippen molar-refractivity contribution in [3.63, 3.8) is 0 Å². The van der Waals surface area contributed by atoms with Crippen LogP contribution in [0.2, 0.25) is 0 Å². The largest absolute Gasteiger partial charge is 0.497 e. The summed E-state index contributed by atoms with van der Waals surface area (Å²) in [5, 5.41) is 15.4. The van der Waals surface area contributed by atoms with Crippen molar-refractivity contribution in [2.24, 2.45) is 0 Å². The minimum atomic E-state index is -4.39. The molecule has 2 aromatic carbocycles. The number of hydrogen-bond donors (Lipinski definition) is 1. The van der Waals surface area contributed by atoms with Crippen LogP contribution in [-0.2, 0) is 18.3 Å². The molecule has 0 saturated carbocycles. The molecule has 1 unspecified atom stereocenters. The topological polar surface area (TPSA) is 71.6 Å². The van der Waals surface area contributed by atoms with Crippen molar-refractivity contribution >= 4 is 0 Å². The van der Waals surface area contributed by atoms with E-state index >= 15 is 0 Å². The molecule has 0 amide bonds. The Hall–Kier alpha value is -2.91. The summed E-state index contributed by atoms with van der Waals surface area (Å²) >= 11 is 0. The van der Waals surface area contributed by atoms with E-state index in [0.717, 1.165) is 36.3 Å². The van der Waals surface area contributed by atoms with Crippen LogP contribution in [-0.4, -0.2) is 39.3 Å². The fourth-order valence-electron chi connectivity index (χ4n) is 5.11. The molecule has 0 radical (unpaired) electrons. The molecule has 0 spiro atoms. The number of hydrogen-bond acceptors (Lipinski definition) is 6. The normalized spacial score (nSPS) is 25.4. The van der Waals surface area contributed by atoms with Gasteiger partial charge in [0.1, 0.15) is 5.75 Å². The van der Waals surface area contributed by atoms with Gasteiger partial charge >= 0.3 is 6.18 Å². The second-order valence-electron chi connectivity index (χ2n) is 8.81. The fraction of sp³-hybridized carbons (Fsp3) is 0.417. The van der Waals surface area contributed by atoms with Gasteiger partial charge in [0.2, 0.25) is 11.7 Å². The maximum absolute atomic E-state index is 12.8. The summed E-state index contributed by atoms with van der Waals surface area (Å²) in [6.45, 7) is 0.446. The van der Waals surface area contributed by atoms with Crippen LogP contribution in [0.4, 0.5) is 13.2 Å². The Bertz CT molecular complexity index is 1100. The summed E-state index contributed by atoms with van der Waals surface area (Å²) in [7, 11) is 1.61. The number of rotatable bonds is 5. The molecule has 2 saturated heterocycles. The van der Waals surface area contributed by atoms with E-state index in [4.69, 9.17) is 9.26 Å². The van der Waals surface area contributed by atoms with Gasteiger partial charge in [-0.1, -0.05) is 29.4 Å². The Kier molecular flexibility index (Phi) is 5.41. The number of fused-ring (bicyclic) bond motifs is 2. The number of alkyl halides is 3. The van der Waals surface area contributed by atoms with Crippen molar-refractivity contribution in [1.82, 2.24) is 15.0 Å². The molecule has 1 aromatic heterocycles. The lowest BCUT2D eigenvalue weighted by Crippen LogP contribution is -2.49. The lowest BCUT2D eigenvalue weighted by Gasteiger charge is -2.43. The highest BCUT2D eigenvalue weighted by molar-refractivity contribution is 5.54. The predicted molar refractivity (Wildman–Crippen MR) is 113 cm³/mol. The Balaban J connectivity index is 1.28. The van der Waals surface area contributed by atoms with Gasteiger partial charge in [-0.05, 0) is 55.5 Å². The van der Waals surface area contributed by atoms with Crippen LogP contribution in [0.5, 0.6) is 5.75 Å². The molecule has 5 rings (SSSR count). The van der Waals surface area contributed by atoms with Gasteiger partial charge in [-0.2, -0.15) is 18.2 Å². The highest BCUT2D eigenvalue weighted by atomic mass is 19.4. The first-order valence-electron chi connectivity index (χ1n) is 10.9. The summed E-state index contributed by atoms with van der Waals surface area (Å²) < 4.78 is 49.0. The highest BCUT2D eigenvalue weighted by Gasteiger charge is 2.48. The lowest BCUT2D eigenvalue weighted by molar-refractivity contribution is -0.137. The molecule has 9 heteroatoms. The number of benzene rings is 2. The summed E-state index contributed by atoms with van der Waals surface area (Å²) in [6.07, 6.45) is -1.22. The Morgan fingerprint density at radius 3 is 2.27 bits per heavy atom. The van der Waals surface area contributed by atoms with Gasteiger partial charge < -0.3 is 14.4 Å². The van der Waals surface area contributed by atoms with Gasteiger partial charge in [0, 0.05) is 17.6 Å². The fourth-order valence-corrected chi connectivity index (χ4v) is 5.11. The lowest BCUT2D eigenvalue weighted by atomic mass is 9.80. The van der Waals surface area contributed by atoms with Gasteiger partial charge in [0.05, 0.1) is 24.8 Å². The number of aliphatic hydroxyl groups is 1. The van der Waals surface area contributed by atoms with Crippen molar-refractivity contribution in [3.05, 3.63) is 65.5 Å². The Labute approximate surface area is 189 Å². The van der Waals surface area contributed by atoms with Gasteiger partial charge in [-0.3, -0.25) is 4.90 Å². The first-order valence-corrected chi connectivity index (χ1v) is 10.9. The van der Waals surface area contributed by atoms with E-state index in [1.54, 1.807) is 7.11 Å². The van der Waals surface area contributed by atoms with Crippen molar-refractivity contribution in [1.29, 1.82) is 0 Å². The third-order valence-corrected chi connectivity index (χ3v) is 6.80. The summed E-state index contributed by atoms with van der Waals surface area (Å²) in [5.41, 5.74) is -0.255. The number of halogens is 3. The zero-order valence-electron chi connectivity index (χ0n) is 18.0. The van der Waals surface area contributed by atoms with Crippen LogP contribution >= 0.6 is 0 Å². The molecule has 174 valence electrons. The third-order valence-electron chi connectivity index (χ3n) is 6.80. The number of ether oxygens (including phenoxy) is 1. The van der Waals surface area contributed by atoms with Gasteiger partial charge in [0.15, 0.2) is 0 Å². The highest BCUT2D eigenvalue weighted by Crippen LogP contribution is 2.46. The zero-order chi connectivity index (χ0) is 23.2. The van der Waals surface area contributed by atoms with Crippen LogP contribution in [0.25, 0.3) is 11.4 Å². The SMILES string of the molecule is COc1ccc(C2(O)C[C@H]3CC[C@@H](C2)N3Cc2nc(-c3ccc(C(F)(F)F)cc3)no2)cc1. The monoisotopic (exact) mass is 459 g/mol. The van der Waals surface area contributed by atoms with Crippen LogP contribution in [0.15, 0.2) is 53.1 Å². The van der Waals surface area contributed by atoms with E-state index in [1.807, 2.05) is 24.3 Å². The Morgan fingerprint density at radius 1 is 1.06 bits per heavy atom. The molecular formula is C24H24F3N3O3. The van der Waals surface area contributed by atoms with E-state index in [0.29, 0.717) is 30.8 Å². The minimum Gasteiger partial charge on any atom is -0.497 e. The number of piperidine rings is 1. The molecule has 6 nitrogen and oxygen atoms in total. The number of nitrogens with zero attached hydrogens (tertiary/aromatic N) is 3.